The summed E-state index contributed by atoms with van der Waals surface area (Å²) < 4.78 is 4.78. The Morgan fingerprint density at radius 3 is 2.27 bits per heavy atom. The van der Waals surface area contributed by atoms with E-state index in [0.717, 1.165) is 18.5 Å². The molecule has 0 atom stereocenters. The number of hydrazine groups is 1. The lowest BCUT2D eigenvalue weighted by Gasteiger charge is -1.92. The molecule has 22 heavy (non-hydrogen) atoms. The molecule has 0 radical (unpaired) electrons. The van der Waals surface area contributed by atoms with Gasteiger partial charge in [-0.25, -0.2) is 10.8 Å². The number of carbonyl (C=O) groups is 1. The number of rotatable bonds is 4. The van der Waals surface area contributed by atoms with Gasteiger partial charge >= 0.3 is 0 Å². The van der Waals surface area contributed by atoms with Gasteiger partial charge in [-0.15, -0.1) is 0 Å². The van der Waals surface area contributed by atoms with Gasteiger partial charge in [-0.2, -0.15) is 0 Å². The van der Waals surface area contributed by atoms with Crippen molar-refractivity contribution in [2.75, 3.05) is 0 Å². The summed E-state index contributed by atoms with van der Waals surface area (Å²) in [6.45, 7) is 0. The average molecular weight is 310 g/mol. The quantitative estimate of drug-likeness (QED) is 0.342. The van der Waals surface area contributed by atoms with Crippen LogP contribution in [0.1, 0.15) is 5.89 Å². The van der Waals surface area contributed by atoms with Crippen molar-refractivity contribution < 1.29 is 19.1 Å². The molecular formula is C10H10N6O6. The summed E-state index contributed by atoms with van der Waals surface area (Å²) in [5.74, 6) is 4.87. The van der Waals surface area contributed by atoms with Crippen LogP contribution in [0.4, 0.5) is 11.4 Å². The smallest absolute Gasteiger partial charge is 0.294 e. The molecule has 2 heterocycles. The Hall–Kier alpha value is -3.41. The van der Waals surface area contributed by atoms with Gasteiger partial charge in [0.2, 0.25) is 11.8 Å². The summed E-state index contributed by atoms with van der Waals surface area (Å²) in [7, 11) is 0. The minimum Gasteiger partial charge on any atom is -0.448 e. The third-order valence-electron chi connectivity index (χ3n) is 2.09. The highest BCUT2D eigenvalue weighted by Gasteiger charge is 2.12. The summed E-state index contributed by atoms with van der Waals surface area (Å²) in [6, 6.07) is 0.854. The van der Waals surface area contributed by atoms with Crippen LogP contribution in [-0.4, -0.2) is 25.7 Å². The van der Waals surface area contributed by atoms with Gasteiger partial charge in [0.25, 0.3) is 11.4 Å². The van der Waals surface area contributed by atoms with Gasteiger partial charge in [0.05, 0.1) is 22.1 Å². The number of nitro groups is 2. The molecule has 12 nitrogen and oxygen atoms in total. The maximum absolute atomic E-state index is 10.5. The van der Waals surface area contributed by atoms with Crippen LogP contribution in [0.15, 0.2) is 35.3 Å². The molecule has 2 aromatic heterocycles. The molecule has 0 fully saturated rings. The van der Waals surface area contributed by atoms with Crippen LogP contribution in [0.25, 0.3) is 0 Å². The topological polar surface area (TPSA) is 180 Å². The lowest BCUT2D eigenvalue weighted by atomic mass is 10.4. The van der Waals surface area contributed by atoms with Crippen molar-refractivity contribution in [2.24, 2.45) is 5.84 Å². The minimum absolute atomic E-state index is 0.0868. The fraction of sp³-hybridized carbons (Fsp3) is 0.100. The Kier molecular flexibility index (Phi) is 6.06. The first-order valence-electron chi connectivity index (χ1n) is 5.55. The molecule has 0 saturated heterocycles. The monoisotopic (exact) mass is 310 g/mol. The molecule has 3 N–H and O–H groups in total. The van der Waals surface area contributed by atoms with Crippen molar-refractivity contribution in [2.45, 2.75) is 6.42 Å². The first kappa shape index (κ1) is 16.6. The van der Waals surface area contributed by atoms with Gasteiger partial charge in [-0.1, -0.05) is 0 Å². The Morgan fingerprint density at radius 1 is 1.27 bits per heavy atom. The second kappa shape index (κ2) is 8.01. The van der Waals surface area contributed by atoms with E-state index < -0.39 is 9.85 Å². The highest BCUT2D eigenvalue weighted by atomic mass is 16.6. The Balaban J connectivity index is 0.000000224. The van der Waals surface area contributed by atoms with Gasteiger partial charge in [0, 0.05) is 0 Å². The number of oxazole rings is 1. The molecule has 2 rings (SSSR count). The maximum Gasteiger partial charge on any atom is 0.294 e. The van der Waals surface area contributed by atoms with Crippen molar-refractivity contribution >= 4 is 17.3 Å². The molecule has 0 aliphatic heterocycles. The van der Waals surface area contributed by atoms with Crippen LogP contribution < -0.4 is 11.3 Å². The van der Waals surface area contributed by atoms with Gasteiger partial charge in [0.15, 0.2) is 0 Å². The molecule has 12 heteroatoms. The van der Waals surface area contributed by atoms with Crippen molar-refractivity contribution in [1.82, 2.24) is 15.4 Å². The molecule has 0 aliphatic carbocycles. The first-order valence-corrected chi connectivity index (χ1v) is 5.55. The number of aromatic nitrogens is 2. The van der Waals surface area contributed by atoms with Crippen LogP contribution in [0.3, 0.4) is 0 Å². The molecule has 0 aromatic carbocycles. The summed E-state index contributed by atoms with van der Waals surface area (Å²) in [6.07, 6.45) is 4.86. The van der Waals surface area contributed by atoms with Gasteiger partial charge in [-0.05, 0) is 0 Å². The molecule has 0 saturated carbocycles. The molecule has 0 bridgehead atoms. The zero-order valence-corrected chi connectivity index (χ0v) is 10.9. The van der Waals surface area contributed by atoms with Crippen LogP contribution in [0, 0.1) is 20.2 Å². The average Bonchev–Trinajstić information content (AvgIpc) is 3.00. The number of pyridine rings is 1. The van der Waals surface area contributed by atoms with Crippen LogP contribution in [-0.2, 0) is 11.2 Å². The number of carbonyl (C=O) groups excluding carboxylic acids is 1. The largest absolute Gasteiger partial charge is 0.448 e. The highest BCUT2D eigenvalue weighted by Crippen LogP contribution is 2.16. The maximum atomic E-state index is 10.5. The van der Waals surface area contributed by atoms with E-state index in [-0.39, 0.29) is 23.7 Å². The Labute approximate surface area is 122 Å². The van der Waals surface area contributed by atoms with Crippen molar-refractivity contribution in [3.8, 4) is 0 Å². The van der Waals surface area contributed by atoms with E-state index >= 15 is 0 Å². The Morgan fingerprint density at radius 2 is 1.86 bits per heavy atom. The van der Waals surface area contributed by atoms with Crippen LogP contribution >= 0.6 is 0 Å². The van der Waals surface area contributed by atoms with Crippen LogP contribution in [0.2, 0.25) is 0 Å². The van der Waals surface area contributed by atoms with Gasteiger partial charge in [-0.3, -0.25) is 35.4 Å². The second-order valence-corrected chi connectivity index (χ2v) is 3.59. The van der Waals surface area contributed by atoms with E-state index in [1.54, 1.807) is 0 Å². The van der Waals surface area contributed by atoms with Gasteiger partial charge in [0.1, 0.15) is 25.1 Å². The minimum atomic E-state index is -0.736. The number of nitrogens with one attached hydrogen (secondary N) is 1. The number of nitrogens with two attached hydrogens (primary N) is 1. The molecule has 1 amide bonds. The second-order valence-electron chi connectivity index (χ2n) is 3.59. The SMILES string of the molecule is NNC(=O)Cc1ncco1.O=[N+]([O-])c1cncc([N+](=O)[O-])c1. The summed E-state index contributed by atoms with van der Waals surface area (Å²) in [5, 5.41) is 20.2. The van der Waals surface area contributed by atoms with Crippen molar-refractivity contribution in [1.29, 1.82) is 0 Å². The fourth-order valence-electron chi connectivity index (χ4n) is 1.14. The lowest BCUT2D eigenvalue weighted by Crippen LogP contribution is -2.31. The first-order chi connectivity index (χ1) is 10.4. The zero-order valence-electron chi connectivity index (χ0n) is 10.9. The van der Waals surface area contributed by atoms with Crippen LogP contribution in [0.5, 0.6) is 0 Å². The van der Waals surface area contributed by atoms with Crippen molar-refractivity contribution in [3.05, 3.63) is 57.0 Å². The van der Waals surface area contributed by atoms with Gasteiger partial charge < -0.3 is 4.42 Å². The van der Waals surface area contributed by atoms with Crippen molar-refractivity contribution in [3.63, 3.8) is 0 Å². The molecule has 0 aliphatic rings. The van der Waals surface area contributed by atoms with E-state index in [1.165, 1.54) is 12.5 Å². The van der Waals surface area contributed by atoms with E-state index in [0.29, 0.717) is 5.89 Å². The standard InChI is InChI=1S/C5H3N3O4.C5H7N3O2/c9-7(10)4-1-5(8(11)12)3-6-2-4;6-8-4(9)3-5-7-1-2-10-5/h1-3H;1-2H,3,6H2,(H,8,9). The molecular weight excluding hydrogens is 300 g/mol. The number of hydrogen-bond donors (Lipinski definition) is 2. The third-order valence-corrected chi connectivity index (χ3v) is 2.09. The highest BCUT2D eigenvalue weighted by molar-refractivity contribution is 5.76. The molecule has 0 unspecified atom stereocenters. The number of nitrogens with zero attached hydrogens (tertiary/aromatic N) is 4. The molecule has 116 valence electrons. The lowest BCUT2D eigenvalue weighted by molar-refractivity contribution is -0.394. The predicted molar refractivity (Wildman–Crippen MR) is 70.1 cm³/mol. The third kappa shape index (κ3) is 5.30. The number of hydrogen-bond acceptors (Lipinski definition) is 9. The summed E-state index contributed by atoms with van der Waals surface area (Å²) in [4.78, 5) is 36.4. The zero-order chi connectivity index (χ0) is 16.5. The Bertz CT molecular complexity index is 628. The fourth-order valence-corrected chi connectivity index (χ4v) is 1.14. The van der Waals surface area contributed by atoms with E-state index in [9.17, 15) is 25.0 Å². The van der Waals surface area contributed by atoms with E-state index in [2.05, 4.69) is 9.97 Å². The summed E-state index contributed by atoms with van der Waals surface area (Å²) in [5.41, 5.74) is 1.19. The summed E-state index contributed by atoms with van der Waals surface area (Å²) >= 11 is 0. The normalized spacial score (nSPS) is 9.32. The molecule has 2 aromatic rings. The van der Waals surface area contributed by atoms with E-state index in [4.69, 9.17) is 10.3 Å². The predicted octanol–water partition coefficient (Wildman–Crippen LogP) is 0.105. The van der Waals surface area contributed by atoms with E-state index in [1.807, 2.05) is 5.43 Å². The number of amides is 1. The molecule has 0 spiro atoms.